The van der Waals surface area contributed by atoms with Gasteiger partial charge in [0.05, 0.1) is 15.7 Å². The van der Waals surface area contributed by atoms with Crippen molar-refractivity contribution in [2.24, 2.45) is 5.73 Å². The lowest BCUT2D eigenvalue weighted by molar-refractivity contribution is -0.148. The third-order valence-corrected chi connectivity index (χ3v) is 5.30. The molecule has 0 bridgehead atoms. The number of benzene rings is 1. The molecule has 13 nitrogen and oxygen atoms in total. The molecule has 188 valence electrons. The second-order valence-corrected chi connectivity index (χ2v) is 8.57. The molecule has 0 saturated heterocycles. The van der Waals surface area contributed by atoms with Gasteiger partial charge in [0, 0.05) is 11.6 Å². The van der Waals surface area contributed by atoms with Crippen LogP contribution < -0.4 is 27.3 Å². The van der Waals surface area contributed by atoms with Gasteiger partial charge in [-0.2, -0.15) is 9.94 Å². The summed E-state index contributed by atoms with van der Waals surface area (Å²) in [5, 5.41) is 19.0. The Bertz CT molecular complexity index is 1530. The van der Waals surface area contributed by atoms with Crippen molar-refractivity contribution in [2.75, 3.05) is 0 Å². The van der Waals surface area contributed by atoms with Crippen LogP contribution in [0.25, 0.3) is 5.69 Å². The molecule has 1 unspecified atom stereocenters. The van der Waals surface area contributed by atoms with E-state index in [-0.39, 0.29) is 38.8 Å². The number of nitriles is 1. The molecule has 1 aromatic carbocycles. The van der Waals surface area contributed by atoms with Gasteiger partial charge in [0.2, 0.25) is 11.6 Å². The highest BCUT2D eigenvalue weighted by atomic mass is 35.5. The Balaban J connectivity index is 2.05. The molecule has 3 aromatic rings. The lowest BCUT2D eigenvalue weighted by Gasteiger charge is -2.14. The number of nitrogens with two attached hydrogens (primary N) is 1. The monoisotopic (exact) mass is 535 g/mol. The maximum Gasteiger partial charge on any atom is 0.355 e. The Hall–Kier alpha value is -3.99. The van der Waals surface area contributed by atoms with Crippen LogP contribution in [0.5, 0.6) is 11.6 Å². The van der Waals surface area contributed by atoms with Crippen molar-refractivity contribution in [1.29, 1.82) is 5.26 Å². The molecule has 0 saturated carbocycles. The number of ether oxygens (including phenoxy) is 2. The highest BCUT2D eigenvalue weighted by molar-refractivity contribution is 6.37. The average Bonchev–Trinajstić information content (AvgIpc) is 2.81. The molecule has 0 aliphatic rings. The summed E-state index contributed by atoms with van der Waals surface area (Å²) in [6.07, 6.45) is 0. The van der Waals surface area contributed by atoms with Crippen molar-refractivity contribution < 1.29 is 14.3 Å². The van der Waals surface area contributed by atoms with Gasteiger partial charge in [-0.1, -0.05) is 37.0 Å². The van der Waals surface area contributed by atoms with Gasteiger partial charge in [0.1, 0.15) is 12.1 Å². The number of aromatic nitrogens is 5. The number of nitrogens with zero attached hydrogens (tertiary/aromatic N) is 5. The number of hydrogen-bond donors (Lipinski definition) is 2. The fourth-order valence-corrected chi connectivity index (χ4v) is 3.43. The van der Waals surface area contributed by atoms with E-state index in [1.165, 1.54) is 25.1 Å². The van der Waals surface area contributed by atoms with Crippen LogP contribution in [0.4, 0.5) is 0 Å². The Kier molecular flexibility index (Phi) is 7.93. The summed E-state index contributed by atoms with van der Waals surface area (Å²) in [5.74, 6) is -1.000. The topological polar surface area (TPSA) is 188 Å². The van der Waals surface area contributed by atoms with Crippen LogP contribution in [0.3, 0.4) is 0 Å². The first-order valence-corrected chi connectivity index (χ1v) is 11.0. The van der Waals surface area contributed by atoms with E-state index in [0.29, 0.717) is 14.8 Å². The molecule has 2 heterocycles. The van der Waals surface area contributed by atoms with Gasteiger partial charge in [0.15, 0.2) is 12.5 Å². The molecule has 0 radical (unpaired) electrons. The predicted octanol–water partition coefficient (Wildman–Crippen LogP) is 1.42. The van der Waals surface area contributed by atoms with E-state index < -0.39 is 35.7 Å². The number of aromatic amines is 1. The standard InChI is InChI=1S/C21H19Cl2N7O6/c1-9(2)12-6-16(26-27-18(12)31)36-17-13(22)4-11(5-14(17)23)30-21(34)29(8-35-20(33)10(3)25)19(32)15(7-24)28-30/h4-6,9-10H,8,25H2,1-3H3,(H,27,31). The molecular formula is C21H19Cl2N7O6. The summed E-state index contributed by atoms with van der Waals surface area (Å²) in [7, 11) is 0. The summed E-state index contributed by atoms with van der Waals surface area (Å²) in [6.45, 7) is 4.20. The van der Waals surface area contributed by atoms with E-state index in [1.807, 2.05) is 13.8 Å². The highest BCUT2D eigenvalue weighted by Crippen LogP contribution is 2.37. The molecule has 0 fully saturated rings. The summed E-state index contributed by atoms with van der Waals surface area (Å²) in [4.78, 5) is 48.9. The maximum atomic E-state index is 12.9. The van der Waals surface area contributed by atoms with Gasteiger partial charge in [-0.3, -0.25) is 14.4 Å². The summed E-state index contributed by atoms with van der Waals surface area (Å²) in [5.41, 5.74) is 2.68. The van der Waals surface area contributed by atoms with Crippen LogP contribution in [-0.4, -0.2) is 36.6 Å². The number of H-pyrrole nitrogens is 1. The van der Waals surface area contributed by atoms with Crippen molar-refractivity contribution in [3.05, 3.63) is 70.7 Å². The van der Waals surface area contributed by atoms with Crippen molar-refractivity contribution in [3.8, 4) is 23.4 Å². The highest BCUT2D eigenvalue weighted by Gasteiger charge is 2.20. The summed E-state index contributed by atoms with van der Waals surface area (Å²) < 4.78 is 11.7. The molecule has 3 rings (SSSR count). The SMILES string of the molecule is CC(N)C(=O)OCn1c(=O)c(C#N)nn(-c2cc(Cl)c(Oc3cc(C(C)C)c(=O)[nH]n3)c(Cl)c2)c1=O. The minimum Gasteiger partial charge on any atom is -0.442 e. The van der Waals surface area contributed by atoms with E-state index >= 15 is 0 Å². The molecule has 1 atom stereocenters. The number of halogens is 2. The molecule has 0 spiro atoms. The van der Waals surface area contributed by atoms with Crippen LogP contribution in [-0.2, 0) is 16.3 Å². The van der Waals surface area contributed by atoms with Gasteiger partial charge in [-0.15, -0.1) is 10.2 Å². The number of rotatable bonds is 7. The molecule has 2 aromatic heterocycles. The second-order valence-electron chi connectivity index (χ2n) is 7.76. The number of hydrogen-bond acceptors (Lipinski definition) is 10. The zero-order valence-corrected chi connectivity index (χ0v) is 20.6. The molecule has 3 N–H and O–H groups in total. The summed E-state index contributed by atoms with van der Waals surface area (Å²) >= 11 is 12.7. The number of nitrogens with one attached hydrogen (secondary N) is 1. The van der Waals surface area contributed by atoms with Crippen molar-refractivity contribution in [1.82, 2.24) is 24.5 Å². The minimum atomic E-state index is -1.07. The first-order valence-electron chi connectivity index (χ1n) is 10.3. The molecule has 15 heteroatoms. The lowest BCUT2D eigenvalue weighted by Crippen LogP contribution is -2.44. The second kappa shape index (κ2) is 10.7. The molecule has 36 heavy (non-hydrogen) atoms. The van der Waals surface area contributed by atoms with E-state index in [9.17, 15) is 24.4 Å². The van der Waals surface area contributed by atoms with E-state index in [4.69, 9.17) is 38.4 Å². The number of carbonyl (C=O) groups is 1. The number of esters is 1. The van der Waals surface area contributed by atoms with Crippen LogP contribution in [0.2, 0.25) is 10.0 Å². The fraction of sp³-hybridized carbons (Fsp3) is 0.286. The molecule has 0 aliphatic carbocycles. The van der Waals surface area contributed by atoms with Crippen LogP contribution in [0.1, 0.15) is 37.9 Å². The smallest absolute Gasteiger partial charge is 0.355 e. The van der Waals surface area contributed by atoms with Gasteiger partial charge in [0.25, 0.3) is 11.1 Å². The van der Waals surface area contributed by atoms with Crippen molar-refractivity contribution in [2.45, 2.75) is 39.5 Å². The third-order valence-electron chi connectivity index (χ3n) is 4.74. The molecular weight excluding hydrogens is 517 g/mol. The van der Waals surface area contributed by atoms with Crippen molar-refractivity contribution in [3.63, 3.8) is 0 Å². The van der Waals surface area contributed by atoms with E-state index in [1.54, 1.807) is 6.07 Å². The quantitative estimate of drug-likeness (QED) is 0.418. The van der Waals surface area contributed by atoms with Crippen molar-refractivity contribution >= 4 is 29.2 Å². The van der Waals surface area contributed by atoms with E-state index in [0.717, 1.165) is 0 Å². The summed E-state index contributed by atoms with van der Waals surface area (Å²) in [6, 6.07) is 4.51. The molecule has 0 amide bonds. The van der Waals surface area contributed by atoms with Crippen LogP contribution in [0, 0.1) is 11.3 Å². The Morgan fingerprint density at radius 1 is 1.19 bits per heavy atom. The van der Waals surface area contributed by atoms with Crippen LogP contribution >= 0.6 is 23.2 Å². The maximum absolute atomic E-state index is 12.9. The lowest BCUT2D eigenvalue weighted by atomic mass is 10.1. The Labute approximate surface area is 212 Å². The average molecular weight is 536 g/mol. The number of carbonyl (C=O) groups excluding carboxylic acids is 1. The van der Waals surface area contributed by atoms with Gasteiger partial charge in [-0.25, -0.2) is 14.5 Å². The Morgan fingerprint density at radius 2 is 1.83 bits per heavy atom. The van der Waals surface area contributed by atoms with E-state index in [2.05, 4.69) is 15.3 Å². The largest absolute Gasteiger partial charge is 0.442 e. The fourth-order valence-electron chi connectivity index (χ4n) is 2.88. The first kappa shape index (κ1) is 26.6. The first-order chi connectivity index (χ1) is 16.9. The van der Waals surface area contributed by atoms with Gasteiger partial charge >= 0.3 is 11.7 Å². The third kappa shape index (κ3) is 5.46. The predicted molar refractivity (Wildman–Crippen MR) is 128 cm³/mol. The Morgan fingerprint density at radius 3 is 2.39 bits per heavy atom. The molecule has 0 aliphatic heterocycles. The van der Waals surface area contributed by atoms with Gasteiger partial charge in [-0.05, 0) is 25.0 Å². The van der Waals surface area contributed by atoms with Gasteiger partial charge < -0.3 is 15.2 Å². The normalized spacial score (nSPS) is 11.7. The zero-order valence-electron chi connectivity index (χ0n) is 19.1. The zero-order chi connectivity index (χ0) is 26.7. The van der Waals surface area contributed by atoms with Crippen LogP contribution in [0.15, 0.2) is 32.6 Å². The minimum absolute atomic E-state index is 0.0152.